The zero-order valence-corrected chi connectivity index (χ0v) is 11.7. The van der Waals surface area contributed by atoms with E-state index in [2.05, 4.69) is 13.8 Å². The average Bonchev–Trinajstić information content (AvgIpc) is 2.15. The van der Waals surface area contributed by atoms with Crippen molar-refractivity contribution in [3.8, 4) is 0 Å². The Hall–Kier alpha value is 0.137. The van der Waals surface area contributed by atoms with Crippen LogP contribution in [-0.2, 0) is 4.74 Å². The van der Waals surface area contributed by atoms with Gasteiger partial charge in [-0.3, -0.25) is 0 Å². The predicted molar refractivity (Wildman–Crippen MR) is 62.3 cm³/mol. The van der Waals surface area contributed by atoms with Gasteiger partial charge in [0.15, 0.2) is 0 Å². The van der Waals surface area contributed by atoms with E-state index < -0.39 is 0 Å². The Balaban J connectivity index is 2.36. The molecule has 83 valence electrons. The standard InChI is InChI=1S/C11H23O2Si/c1-9(2)5-6-10(12)11(14)7-3-4-8-13-11/h10,12H,3-8H2,1-2,14H3. The number of ether oxygens (including phenoxy) is 1. The highest BCUT2D eigenvalue weighted by molar-refractivity contribution is 6.15. The molecule has 0 amide bonds. The molecule has 0 aromatic carbocycles. The number of hydrogen-bond donors (Lipinski definition) is 1. The molecule has 1 rings (SSSR count). The van der Waals surface area contributed by atoms with Gasteiger partial charge in [0.2, 0.25) is 0 Å². The van der Waals surface area contributed by atoms with Crippen LogP contribution in [0.4, 0.5) is 0 Å². The lowest BCUT2D eigenvalue weighted by molar-refractivity contribution is -0.0953. The fourth-order valence-corrected chi connectivity index (χ4v) is 2.80. The van der Waals surface area contributed by atoms with Gasteiger partial charge in [-0.15, -0.1) is 0 Å². The third-order valence-corrected chi connectivity index (χ3v) is 4.58. The summed E-state index contributed by atoms with van der Waals surface area (Å²) in [6.07, 6.45) is 5.08. The number of hydrogen-bond acceptors (Lipinski definition) is 2. The van der Waals surface area contributed by atoms with Gasteiger partial charge in [-0.2, -0.15) is 0 Å². The zero-order chi connectivity index (χ0) is 10.6. The Morgan fingerprint density at radius 2 is 2.21 bits per heavy atom. The van der Waals surface area contributed by atoms with Crippen molar-refractivity contribution in [3.63, 3.8) is 0 Å². The maximum Gasteiger partial charge on any atom is 0.0789 e. The molecular weight excluding hydrogens is 192 g/mol. The van der Waals surface area contributed by atoms with E-state index in [1.165, 1.54) is 12.3 Å². The third-order valence-electron chi connectivity index (χ3n) is 3.12. The van der Waals surface area contributed by atoms with Crippen molar-refractivity contribution in [2.45, 2.75) is 57.3 Å². The van der Waals surface area contributed by atoms with Gasteiger partial charge in [-0.25, -0.2) is 0 Å². The third kappa shape index (κ3) is 3.37. The Labute approximate surface area is 90.5 Å². The van der Waals surface area contributed by atoms with Crippen molar-refractivity contribution in [1.29, 1.82) is 0 Å². The van der Waals surface area contributed by atoms with Crippen molar-refractivity contribution in [1.82, 2.24) is 0 Å². The molecule has 0 bridgehead atoms. The van der Waals surface area contributed by atoms with Crippen LogP contribution >= 0.6 is 0 Å². The fraction of sp³-hybridized carbons (Fsp3) is 0.909. The lowest BCUT2D eigenvalue weighted by Gasteiger charge is -2.38. The largest absolute Gasteiger partial charge is 0.391 e. The van der Waals surface area contributed by atoms with Gasteiger partial charge in [-0.05, 0) is 38.0 Å². The van der Waals surface area contributed by atoms with E-state index in [0.717, 1.165) is 42.5 Å². The monoisotopic (exact) mass is 215 g/mol. The van der Waals surface area contributed by atoms with Crippen LogP contribution in [0, 0.1) is 5.92 Å². The summed E-state index contributed by atoms with van der Waals surface area (Å²) < 4.78 is 5.76. The molecule has 2 unspecified atom stereocenters. The molecule has 1 aliphatic heterocycles. The molecule has 1 aliphatic rings. The van der Waals surface area contributed by atoms with Crippen molar-refractivity contribution in [2.24, 2.45) is 0 Å². The second kappa shape index (κ2) is 5.28. The second-order valence-corrected chi connectivity index (χ2v) is 6.57. The Morgan fingerprint density at radius 3 is 2.71 bits per heavy atom. The Bertz CT molecular complexity index is 165. The van der Waals surface area contributed by atoms with E-state index in [1.807, 2.05) is 0 Å². The minimum Gasteiger partial charge on any atom is -0.391 e. The fourth-order valence-electron chi connectivity index (χ4n) is 1.95. The van der Waals surface area contributed by atoms with E-state index in [9.17, 15) is 5.11 Å². The first-order valence-electron chi connectivity index (χ1n) is 5.66. The molecule has 2 nitrogen and oxygen atoms in total. The molecule has 0 aromatic heterocycles. The van der Waals surface area contributed by atoms with Crippen LogP contribution in [-0.4, -0.2) is 33.3 Å². The summed E-state index contributed by atoms with van der Waals surface area (Å²) in [5.41, 5.74) is 0. The van der Waals surface area contributed by atoms with Crippen LogP contribution in [0.3, 0.4) is 0 Å². The first-order chi connectivity index (χ1) is 6.54. The summed E-state index contributed by atoms with van der Waals surface area (Å²) in [7, 11) is 0.942. The van der Waals surface area contributed by atoms with E-state index in [0.29, 0.717) is 0 Å². The first kappa shape index (κ1) is 12.2. The maximum absolute atomic E-state index is 10.1. The van der Waals surface area contributed by atoms with Crippen molar-refractivity contribution in [2.75, 3.05) is 6.61 Å². The van der Waals surface area contributed by atoms with Crippen LogP contribution in [0.25, 0.3) is 0 Å². The zero-order valence-electron chi connectivity index (χ0n) is 9.68. The second-order valence-electron chi connectivity index (χ2n) is 4.88. The van der Waals surface area contributed by atoms with Crippen LogP contribution < -0.4 is 0 Å². The molecule has 0 aliphatic carbocycles. The van der Waals surface area contributed by atoms with Crippen molar-refractivity contribution in [3.05, 3.63) is 5.92 Å². The summed E-state index contributed by atoms with van der Waals surface area (Å²) in [5.74, 6) is 1.39. The highest BCUT2D eigenvalue weighted by Crippen LogP contribution is 2.28. The van der Waals surface area contributed by atoms with Gasteiger partial charge in [-0.1, -0.05) is 13.8 Å². The molecule has 1 saturated heterocycles. The lowest BCUT2D eigenvalue weighted by Crippen LogP contribution is -2.47. The van der Waals surface area contributed by atoms with Gasteiger partial charge in [0, 0.05) is 16.8 Å². The van der Waals surface area contributed by atoms with Gasteiger partial charge in [0.05, 0.1) is 11.3 Å². The maximum atomic E-state index is 10.1. The molecule has 2 atom stereocenters. The molecular formula is C11H23O2Si. The molecule has 1 radical (unpaired) electrons. The molecule has 1 N–H and O–H groups in total. The van der Waals surface area contributed by atoms with E-state index >= 15 is 0 Å². The van der Waals surface area contributed by atoms with E-state index in [4.69, 9.17) is 4.74 Å². The van der Waals surface area contributed by atoms with Gasteiger partial charge in [0.25, 0.3) is 0 Å². The number of aliphatic hydroxyl groups excluding tert-OH is 1. The normalized spacial score (nSPS) is 30.9. The van der Waals surface area contributed by atoms with Crippen LogP contribution in [0.2, 0.25) is 0 Å². The molecule has 0 aromatic rings. The summed E-state index contributed by atoms with van der Waals surface area (Å²) in [6, 6.07) is 0. The van der Waals surface area contributed by atoms with Crippen molar-refractivity contribution >= 4 is 10.2 Å². The van der Waals surface area contributed by atoms with E-state index in [-0.39, 0.29) is 11.3 Å². The van der Waals surface area contributed by atoms with Crippen LogP contribution in [0.1, 0.15) is 46.0 Å². The first-order valence-corrected chi connectivity index (χ1v) is 6.66. The smallest absolute Gasteiger partial charge is 0.0789 e. The molecule has 0 saturated carbocycles. The van der Waals surface area contributed by atoms with Gasteiger partial charge >= 0.3 is 0 Å². The highest BCUT2D eigenvalue weighted by Gasteiger charge is 2.34. The number of rotatable bonds is 4. The summed E-state index contributed by atoms with van der Waals surface area (Å²) >= 11 is 0. The molecule has 14 heavy (non-hydrogen) atoms. The SMILES string of the molecule is C[C](C)CCC(O)C1([SiH3])CCCCO1. The molecule has 1 fully saturated rings. The molecule has 1 heterocycles. The van der Waals surface area contributed by atoms with Gasteiger partial charge < -0.3 is 9.84 Å². The predicted octanol–water partition coefficient (Wildman–Crippen LogP) is 1.00. The van der Waals surface area contributed by atoms with Gasteiger partial charge in [0.1, 0.15) is 0 Å². The topological polar surface area (TPSA) is 29.5 Å². The minimum absolute atomic E-state index is 0.145. The lowest BCUT2D eigenvalue weighted by atomic mass is 9.96. The quantitative estimate of drug-likeness (QED) is 0.709. The molecule has 0 spiro atoms. The summed E-state index contributed by atoms with van der Waals surface area (Å²) in [6.45, 7) is 5.08. The van der Waals surface area contributed by atoms with Crippen LogP contribution in [0.15, 0.2) is 0 Å². The van der Waals surface area contributed by atoms with Crippen molar-refractivity contribution < 1.29 is 9.84 Å². The minimum atomic E-state index is -0.246. The Kier molecular flexibility index (Phi) is 4.61. The number of aliphatic hydroxyl groups is 1. The van der Waals surface area contributed by atoms with Crippen LogP contribution in [0.5, 0.6) is 0 Å². The molecule has 3 heteroatoms. The summed E-state index contributed by atoms with van der Waals surface area (Å²) in [5, 5.41) is 9.93. The Morgan fingerprint density at radius 1 is 1.50 bits per heavy atom. The van der Waals surface area contributed by atoms with E-state index in [1.54, 1.807) is 0 Å². The highest BCUT2D eigenvalue weighted by atomic mass is 28.1. The summed E-state index contributed by atoms with van der Waals surface area (Å²) in [4.78, 5) is 0. The average molecular weight is 215 g/mol.